The lowest BCUT2D eigenvalue weighted by Crippen LogP contribution is -2.45. The molecule has 126 valence electrons. The minimum absolute atomic E-state index is 0.120. The van der Waals surface area contributed by atoms with E-state index in [4.69, 9.17) is 11.6 Å². The number of amides is 4. The van der Waals surface area contributed by atoms with Gasteiger partial charge in [-0.25, -0.2) is 4.79 Å². The van der Waals surface area contributed by atoms with Gasteiger partial charge in [-0.2, -0.15) is 0 Å². The predicted octanol–water partition coefficient (Wildman–Crippen LogP) is 2.26. The van der Waals surface area contributed by atoms with E-state index >= 15 is 0 Å². The van der Waals surface area contributed by atoms with Crippen LogP contribution < -0.4 is 4.90 Å². The van der Waals surface area contributed by atoms with Crippen LogP contribution in [0.1, 0.15) is 26.2 Å². The van der Waals surface area contributed by atoms with Crippen molar-refractivity contribution in [3.8, 4) is 0 Å². The molecule has 4 amide bonds. The Kier molecular flexibility index (Phi) is 3.35. The molecule has 0 unspecified atom stereocenters. The summed E-state index contributed by atoms with van der Waals surface area (Å²) in [5.41, 5.74) is -0.115. The molecule has 2 atom stereocenters. The van der Waals surface area contributed by atoms with E-state index in [-0.39, 0.29) is 24.3 Å². The van der Waals surface area contributed by atoms with Gasteiger partial charge in [0, 0.05) is 19.5 Å². The first-order chi connectivity index (χ1) is 11.4. The Labute approximate surface area is 144 Å². The number of imide groups is 1. The Bertz CT molecular complexity index is 752. The zero-order valence-electron chi connectivity index (χ0n) is 13.4. The first-order valence-electron chi connectivity index (χ1n) is 8.13. The molecule has 3 fully saturated rings. The number of hydrogen-bond acceptors (Lipinski definition) is 3. The molecule has 3 saturated heterocycles. The highest BCUT2D eigenvalue weighted by atomic mass is 35.5. The molecule has 0 spiro atoms. The fourth-order valence-corrected chi connectivity index (χ4v) is 4.29. The number of fused-ring (bicyclic) bond motifs is 1. The van der Waals surface area contributed by atoms with Crippen molar-refractivity contribution in [2.45, 2.75) is 37.8 Å². The van der Waals surface area contributed by atoms with Gasteiger partial charge >= 0.3 is 6.03 Å². The molecule has 4 rings (SSSR count). The molecule has 0 aromatic heterocycles. The smallest absolute Gasteiger partial charge is 0.310 e. The first kappa shape index (κ1) is 15.4. The molecule has 3 aliphatic heterocycles. The maximum absolute atomic E-state index is 12.8. The fraction of sp³-hybridized carbons (Fsp3) is 0.471. The molecular formula is C17H18ClN3O3. The van der Waals surface area contributed by atoms with E-state index < -0.39 is 11.6 Å². The van der Waals surface area contributed by atoms with Gasteiger partial charge in [-0.15, -0.1) is 0 Å². The Morgan fingerprint density at radius 1 is 1.21 bits per heavy atom. The molecule has 24 heavy (non-hydrogen) atoms. The van der Waals surface area contributed by atoms with E-state index in [0.717, 1.165) is 6.42 Å². The lowest BCUT2D eigenvalue weighted by Gasteiger charge is -2.23. The zero-order valence-corrected chi connectivity index (χ0v) is 14.1. The molecule has 6 nitrogen and oxygen atoms in total. The summed E-state index contributed by atoms with van der Waals surface area (Å²) in [6.07, 6.45) is 1.67. The standard InChI is InChI=1S/C17H18ClN3O3/c1-17-7-4-8-20(17)16(24)21(15(17)23)11-9-14(22)19(10-11)13-6-3-2-5-12(13)18/h2-3,5-6,11H,4,7-10H2,1H3/t11-,17+/m1/s1. The Hall–Kier alpha value is -2.08. The third kappa shape index (κ3) is 1.99. The Morgan fingerprint density at radius 3 is 2.67 bits per heavy atom. The average molecular weight is 348 g/mol. The van der Waals surface area contributed by atoms with E-state index in [1.165, 1.54) is 4.90 Å². The van der Waals surface area contributed by atoms with E-state index in [1.807, 2.05) is 13.0 Å². The summed E-state index contributed by atoms with van der Waals surface area (Å²) in [7, 11) is 0. The lowest BCUT2D eigenvalue weighted by atomic mass is 9.99. The van der Waals surface area contributed by atoms with Crippen LogP contribution in [0.3, 0.4) is 0 Å². The van der Waals surface area contributed by atoms with Gasteiger partial charge in [0.2, 0.25) is 5.91 Å². The number of anilines is 1. The van der Waals surface area contributed by atoms with Crippen molar-refractivity contribution in [3.05, 3.63) is 29.3 Å². The average Bonchev–Trinajstić information content (AvgIpc) is 3.16. The van der Waals surface area contributed by atoms with Crippen LogP contribution in [0.15, 0.2) is 24.3 Å². The normalized spacial score (nSPS) is 29.8. The summed E-state index contributed by atoms with van der Waals surface area (Å²) >= 11 is 6.18. The van der Waals surface area contributed by atoms with Crippen LogP contribution in [0.25, 0.3) is 0 Å². The van der Waals surface area contributed by atoms with Crippen molar-refractivity contribution in [1.29, 1.82) is 0 Å². The highest BCUT2D eigenvalue weighted by Crippen LogP contribution is 2.40. The number of rotatable bonds is 2. The predicted molar refractivity (Wildman–Crippen MR) is 88.8 cm³/mol. The summed E-state index contributed by atoms with van der Waals surface area (Å²) < 4.78 is 0. The third-order valence-corrected chi connectivity index (χ3v) is 5.69. The van der Waals surface area contributed by atoms with E-state index in [9.17, 15) is 14.4 Å². The summed E-state index contributed by atoms with van der Waals surface area (Å²) in [4.78, 5) is 42.5. The van der Waals surface area contributed by atoms with Gasteiger partial charge in [-0.05, 0) is 31.9 Å². The van der Waals surface area contributed by atoms with E-state index in [2.05, 4.69) is 0 Å². The highest BCUT2D eigenvalue weighted by molar-refractivity contribution is 6.33. The number of nitrogens with zero attached hydrogens (tertiary/aromatic N) is 3. The molecule has 0 radical (unpaired) electrons. The molecule has 3 heterocycles. The van der Waals surface area contributed by atoms with Crippen molar-refractivity contribution in [2.24, 2.45) is 0 Å². The topological polar surface area (TPSA) is 60.9 Å². The van der Waals surface area contributed by atoms with Crippen LogP contribution in [-0.4, -0.2) is 52.3 Å². The van der Waals surface area contributed by atoms with Crippen LogP contribution >= 0.6 is 11.6 Å². The van der Waals surface area contributed by atoms with Gasteiger partial charge in [0.1, 0.15) is 5.54 Å². The van der Waals surface area contributed by atoms with Gasteiger partial charge in [0.15, 0.2) is 0 Å². The van der Waals surface area contributed by atoms with Gasteiger partial charge < -0.3 is 9.80 Å². The first-order valence-corrected chi connectivity index (χ1v) is 8.51. The minimum Gasteiger partial charge on any atom is -0.310 e. The van der Waals surface area contributed by atoms with Gasteiger partial charge in [0.25, 0.3) is 5.91 Å². The summed E-state index contributed by atoms with van der Waals surface area (Å²) in [5.74, 6) is -0.297. The van der Waals surface area contributed by atoms with Crippen molar-refractivity contribution in [3.63, 3.8) is 0 Å². The van der Waals surface area contributed by atoms with Crippen LogP contribution in [0, 0.1) is 0 Å². The molecule has 0 bridgehead atoms. The number of para-hydroxylation sites is 1. The van der Waals surface area contributed by atoms with Crippen molar-refractivity contribution >= 4 is 35.1 Å². The number of carbonyl (C=O) groups excluding carboxylic acids is 3. The molecule has 7 heteroatoms. The van der Waals surface area contributed by atoms with Crippen LogP contribution in [0.5, 0.6) is 0 Å². The monoisotopic (exact) mass is 347 g/mol. The maximum atomic E-state index is 12.8. The molecular weight excluding hydrogens is 330 g/mol. The fourth-order valence-electron chi connectivity index (χ4n) is 4.06. The van der Waals surface area contributed by atoms with Crippen LogP contribution in [0.4, 0.5) is 10.5 Å². The van der Waals surface area contributed by atoms with Crippen molar-refractivity contribution in [1.82, 2.24) is 9.80 Å². The second kappa shape index (κ2) is 5.21. The second-order valence-corrected chi connectivity index (χ2v) is 7.21. The highest BCUT2D eigenvalue weighted by Gasteiger charge is 2.59. The quantitative estimate of drug-likeness (QED) is 0.771. The summed E-state index contributed by atoms with van der Waals surface area (Å²) in [6, 6.07) is 6.41. The molecule has 0 saturated carbocycles. The maximum Gasteiger partial charge on any atom is 0.328 e. The van der Waals surface area contributed by atoms with Gasteiger partial charge in [0.05, 0.1) is 16.8 Å². The summed E-state index contributed by atoms with van der Waals surface area (Å²) in [5, 5.41) is 0.484. The Morgan fingerprint density at radius 2 is 1.96 bits per heavy atom. The molecule has 3 aliphatic rings. The van der Waals surface area contributed by atoms with Crippen LogP contribution in [0.2, 0.25) is 5.02 Å². The number of urea groups is 1. The minimum atomic E-state index is -0.738. The summed E-state index contributed by atoms with van der Waals surface area (Å²) in [6.45, 7) is 2.72. The largest absolute Gasteiger partial charge is 0.328 e. The second-order valence-electron chi connectivity index (χ2n) is 6.80. The van der Waals surface area contributed by atoms with Gasteiger partial charge in [-0.3, -0.25) is 14.5 Å². The van der Waals surface area contributed by atoms with Gasteiger partial charge in [-0.1, -0.05) is 23.7 Å². The lowest BCUT2D eigenvalue weighted by molar-refractivity contribution is -0.133. The zero-order chi connectivity index (χ0) is 17.1. The number of carbonyl (C=O) groups is 3. The number of halogens is 1. The molecule has 0 N–H and O–H groups in total. The van der Waals surface area contributed by atoms with Crippen LogP contribution in [-0.2, 0) is 9.59 Å². The van der Waals surface area contributed by atoms with Crippen molar-refractivity contribution < 1.29 is 14.4 Å². The number of hydrogen-bond donors (Lipinski definition) is 0. The molecule has 1 aromatic rings. The van der Waals surface area contributed by atoms with E-state index in [0.29, 0.717) is 30.2 Å². The third-order valence-electron chi connectivity index (χ3n) is 5.37. The molecule has 1 aromatic carbocycles. The van der Waals surface area contributed by atoms with E-state index in [1.54, 1.807) is 28.0 Å². The SMILES string of the molecule is C[C@@]12CCCN1C(=O)N([C@@H]1CC(=O)N(c3ccccc3Cl)C1)C2=O. The molecule has 0 aliphatic carbocycles. The number of benzene rings is 1. The van der Waals surface area contributed by atoms with Crippen molar-refractivity contribution in [2.75, 3.05) is 18.0 Å². The Balaban J connectivity index is 1.61.